The lowest BCUT2D eigenvalue weighted by atomic mass is 9.47. The molecule has 2 aromatic carbocycles. The average Bonchev–Trinajstić information content (AvgIpc) is 3.88. The Kier molecular flexibility index (Phi) is 8.72. The summed E-state index contributed by atoms with van der Waals surface area (Å²) in [6, 6.07) is 10.6. The van der Waals surface area contributed by atoms with Crippen LogP contribution < -0.4 is 9.64 Å². The molecular formula is C43H53N7O7. The molecule has 6 aliphatic rings. The van der Waals surface area contributed by atoms with Gasteiger partial charge in [-0.1, -0.05) is 44.2 Å². The van der Waals surface area contributed by atoms with Crippen LogP contribution in [0.4, 0.5) is 5.69 Å². The number of anilines is 1. The number of carbonyl (C=O) groups is 2. The second kappa shape index (κ2) is 13.0. The number of hydrogen-bond donors (Lipinski definition) is 4. The number of azide groups is 1. The van der Waals surface area contributed by atoms with E-state index in [2.05, 4.69) is 36.9 Å². The fourth-order valence-corrected chi connectivity index (χ4v) is 13.1. The van der Waals surface area contributed by atoms with Crippen LogP contribution in [0.5, 0.6) is 5.75 Å². The number of aromatic amines is 1. The Hall–Kier alpha value is -4.43. The van der Waals surface area contributed by atoms with Crippen LogP contribution >= 0.6 is 0 Å². The number of para-hydroxylation sites is 1. The summed E-state index contributed by atoms with van der Waals surface area (Å²) in [6.45, 7) is 7.16. The number of hydrogen-bond acceptors (Lipinski definition) is 10. The molecule has 3 fully saturated rings. The summed E-state index contributed by atoms with van der Waals surface area (Å²) < 4.78 is 12.2. The van der Waals surface area contributed by atoms with Gasteiger partial charge in [-0.15, -0.1) is 0 Å². The third kappa shape index (κ3) is 4.79. The fourth-order valence-electron chi connectivity index (χ4n) is 13.1. The minimum atomic E-state index is -2.49. The zero-order valence-corrected chi connectivity index (χ0v) is 33.4. The summed E-state index contributed by atoms with van der Waals surface area (Å²) in [5.74, 6) is -1.28. The summed E-state index contributed by atoms with van der Waals surface area (Å²) in [4.78, 5) is 42.4. The smallest absolute Gasteiger partial charge is 0.322 e. The highest BCUT2D eigenvalue weighted by molar-refractivity contribution is 5.95. The van der Waals surface area contributed by atoms with Crippen molar-refractivity contribution in [3.63, 3.8) is 0 Å². The van der Waals surface area contributed by atoms with Crippen molar-refractivity contribution in [2.24, 2.45) is 16.4 Å². The molecule has 1 aromatic heterocycles. The van der Waals surface area contributed by atoms with Gasteiger partial charge < -0.3 is 34.7 Å². The van der Waals surface area contributed by atoms with Crippen molar-refractivity contribution < 1.29 is 34.4 Å². The molecule has 10 atom stereocenters. The van der Waals surface area contributed by atoms with Gasteiger partial charge in [0.1, 0.15) is 17.3 Å². The van der Waals surface area contributed by atoms with Gasteiger partial charge in [0.25, 0.3) is 5.91 Å². The highest BCUT2D eigenvalue weighted by Gasteiger charge is 2.78. The maximum atomic E-state index is 15.2. The Morgan fingerprint density at radius 1 is 1.07 bits per heavy atom. The molecule has 57 heavy (non-hydrogen) atoms. The SMILES string of the molecule is CC[C@]1(O)CC2CN(CCc3c([nH]c4ccccc34)[C@@](C(=O)OC)(c3cc4c(cc3OC)N(C)[C@@H]3C45CCN4CC=C[C@](CC)([C@H]45)[C@@H](O)[C@]3(O)C(=O)N=[N+]=[N-])C2)C1. The van der Waals surface area contributed by atoms with Crippen molar-refractivity contribution >= 4 is 28.5 Å². The molecular weight excluding hydrogens is 727 g/mol. The van der Waals surface area contributed by atoms with Crippen molar-refractivity contribution in [2.75, 3.05) is 58.9 Å². The van der Waals surface area contributed by atoms with Crippen LogP contribution in [0.15, 0.2) is 53.7 Å². The van der Waals surface area contributed by atoms with Gasteiger partial charge in [-0.2, -0.15) is 0 Å². The molecule has 302 valence electrons. The Balaban J connectivity index is 1.37. The number of aliphatic hydroxyl groups excluding tert-OH is 1. The first-order valence-corrected chi connectivity index (χ1v) is 20.3. The number of rotatable bonds is 6. The molecule has 5 aliphatic heterocycles. The number of ether oxygens (including phenoxy) is 2. The number of benzene rings is 2. The van der Waals surface area contributed by atoms with Gasteiger partial charge >= 0.3 is 5.97 Å². The average molecular weight is 780 g/mol. The van der Waals surface area contributed by atoms with E-state index < -0.39 is 51.5 Å². The number of esters is 1. The number of nitrogens with one attached hydrogen (secondary N) is 1. The van der Waals surface area contributed by atoms with Crippen LogP contribution in [0.1, 0.15) is 68.3 Å². The first-order chi connectivity index (χ1) is 27.3. The van der Waals surface area contributed by atoms with Gasteiger partial charge in [-0.3, -0.25) is 19.4 Å². The lowest BCUT2D eigenvalue weighted by Crippen LogP contribution is -2.80. The fraction of sp³-hybridized carbons (Fsp3) is 0.581. The van der Waals surface area contributed by atoms with Crippen LogP contribution in [0.2, 0.25) is 0 Å². The first kappa shape index (κ1) is 38.1. The van der Waals surface area contributed by atoms with E-state index in [0.717, 1.165) is 27.7 Å². The summed E-state index contributed by atoms with van der Waals surface area (Å²) in [7, 11) is 4.79. The van der Waals surface area contributed by atoms with Crippen LogP contribution in [-0.2, 0) is 31.6 Å². The van der Waals surface area contributed by atoms with E-state index in [1.807, 2.05) is 55.2 Å². The maximum Gasteiger partial charge on any atom is 0.322 e. The zero-order chi connectivity index (χ0) is 40.3. The molecule has 2 saturated heterocycles. The standard InChI is InChI=1S/C43H53N7O7/c1-6-39(54)21-25-22-42(38(53)57-5,33-27(13-17-49(23-25)24-39)26-11-8-9-12-30(26)45-33)29-19-28-31(20-32(29)56-4)48(3)35-41(28)15-18-50-16-10-14-40(7-2,34(41)50)36(51)43(35,55)37(52)46-47-44/h8-12,14,19-20,25,34-36,45,51,54-55H,6-7,13,15-18,21-24H2,1-5H3/t25?,34-,35+,36+,39-,40+,41?,42-,43-/m0/s1. The summed E-state index contributed by atoms with van der Waals surface area (Å²) in [5, 5.41) is 41.7. The molecule has 4 N–H and O–H groups in total. The highest BCUT2D eigenvalue weighted by Crippen LogP contribution is 2.67. The van der Waals surface area contributed by atoms with Gasteiger partial charge in [0, 0.05) is 88.9 Å². The monoisotopic (exact) mass is 779 g/mol. The van der Waals surface area contributed by atoms with Crippen LogP contribution in [0.3, 0.4) is 0 Å². The number of nitrogens with zero attached hydrogens (tertiary/aromatic N) is 6. The van der Waals surface area contributed by atoms with E-state index >= 15 is 4.79 Å². The zero-order valence-electron chi connectivity index (χ0n) is 33.4. The molecule has 0 radical (unpaired) electrons. The quantitative estimate of drug-likeness (QED) is 0.0934. The maximum absolute atomic E-state index is 15.2. The molecule has 3 aromatic rings. The van der Waals surface area contributed by atoms with E-state index in [1.54, 1.807) is 14.2 Å². The van der Waals surface area contributed by atoms with Crippen LogP contribution in [0, 0.1) is 11.3 Å². The molecule has 1 saturated carbocycles. The molecule has 14 nitrogen and oxygen atoms in total. The van der Waals surface area contributed by atoms with Crippen LogP contribution in [-0.4, -0.2) is 125 Å². The predicted molar refractivity (Wildman–Crippen MR) is 213 cm³/mol. The number of piperidine rings is 1. The van der Waals surface area contributed by atoms with Crippen molar-refractivity contribution in [3.8, 4) is 5.75 Å². The van der Waals surface area contributed by atoms with E-state index in [4.69, 9.17) is 9.47 Å². The Bertz CT molecular complexity index is 2250. The van der Waals surface area contributed by atoms with Crippen LogP contribution in [0.25, 0.3) is 21.3 Å². The van der Waals surface area contributed by atoms with Crippen molar-refractivity contribution in [2.45, 2.75) is 92.6 Å². The van der Waals surface area contributed by atoms with Crippen molar-refractivity contribution in [1.29, 1.82) is 0 Å². The second-order valence-corrected chi connectivity index (χ2v) is 17.6. The largest absolute Gasteiger partial charge is 0.496 e. The Morgan fingerprint density at radius 2 is 1.86 bits per heavy atom. The van der Waals surface area contributed by atoms with E-state index in [1.165, 1.54) is 7.11 Å². The molecule has 1 aliphatic carbocycles. The van der Waals surface area contributed by atoms with Crippen molar-refractivity contribution in [1.82, 2.24) is 14.8 Å². The third-order valence-electron chi connectivity index (χ3n) is 15.3. The number of likely N-dealkylation sites (N-methyl/N-ethyl adjacent to an activating group) is 1. The molecule has 2 bridgehead atoms. The molecule has 6 heterocycles. The summed E-state index contributed by atoms with van der Waals surface area (Å²) in [6.07, 6.45) is 5.30. The first-order valence-electron chi connectivity index (χ1n) is 20.3. The van der Waals surface area contributed by atoms with Gasteiger partial charge in [0.2, 0.25) is 0 Å². The van der Waals surface area contributed by atoms with E-state index in [0.29, 0.717) is 88.2 Å². The number of H-pyrrole nitrogens is 1. The number of aliphatic hydroxyl groups is 3. The second-order valence-electron chi connectivity index (χ2n) is 17.6. The molecule has 14 heteroatoms. The molecule has 1 spiro atoms. The number of carbonyl (C=O) groups excluding carboxylic acids is 2. The number of amides is 1. The highest BCUT2D eigenvalue weighted by atomic mass is 16.5. The lowest BCUT2D eigenvalue weighted by Gasteiger charge is -2.63. The van der Waals surface area contributed by atoms with E-state index in [9.17, 15) is 25.6 Å². The van der Waals surface area contributed by atoms with Crippen molar-refractivity contribution in [3.05, 3.63) is 81.4 Å². The van der Waals surface area contributed by atoms with E-state index in [-0.39, 0.29) is 12.0 Å². The number of methoxy groups -OCH3 is 2. The molecule has 9 rings (SSSR count). The number of aromatic nitrogens is 1. The summed E-state index contributed by atoms with van der Waals surface area (Å²) in [5.41, 5.74) is 7.34. The number of fused-ring (bicyclic) bond motifs is 6. The van der Waals surface area contributed by atoms with Gasteiger partial charge in [-0.25, -0.2) is 0 Å². The Morgan fingerprint density at radius 3 is 2.58 bits per heavy atom. The minimum absolute atomic E-state index is 0.110. The normalized spacial score (nSPS) is 37.8. The lowest BCUT2D eigenvalue weighted by molar-refractivity contribution is -0.201. The topological polar surface area (TPSA) is 188 Å². The minimum Gasteiger partial charge on any atom is -0.496 e. The van der Waals surface area contributed by atoms with Gasteiger partial charge in [0.05, 0.1) is 25.9 Å². The Labute approximate surface area is 332 Å². The van der Waals surface area contributed by atoms with Gasteiger partial charge in [-0.05, 0) is 84.9 Å². The predicted octanol–water partition coefficient (Wildman–Crippen LogP) is 4.08. The molecule has 3 unspecified atom stereocenters. The molecule has 1 amide bonds. The van der Waals surface area contributed by atoms with Gasteiger partial charge in [0.15, 0.2) is 5.60 Å². The summed E-state index contributed by atoms with van der Waals surface area (Å²) >= 11 is 0. The third-order valence-corrected chi connectivity index (χ3v) is 15.3.